The topological polar surface area (TPSA) is 61.3 Å². The molecule has 0 aliphatic rings. The van der Waals surface area contributed by atoms with Crippen LogP contribution in [0.4, 0.5) is 0 Å². The summed E-state index contributed by atoms with van der Waals surface area (Å²) in [6, 6.07) is 0. The fraction of sp³-hybridized carbons (Fsp3) is 0.667. The van der Waals surface area contributed by atoms with E-state index in [0.717, 1.165) is 11.0 Å². The van der Waals surface area contributed by atoms with Gasteiger partial charge in [-0.3, -0.25) is 0 Å². The lowest BCUT2D eigenvalue weighted by Gasteiger charge is -2.23. The molecule has 0 atom stereocenters. The van der Waals surface area contributed by atoms with E-state index in [1.54, 1.807) is 6.92 Å². The first kappa shape index (κ1) is 24.7. The highest BCUT2D eigenvalue weighted by molar-refractivity contribution is 14.0. The van der Waals surface area contributed by atoms with Crippen molar-refractivity contribution in [1.29, 1.82) is 0 Å². The average molecular weight is 444 g/mol. The van der Waals surface area contributed by atoms with Crippen molar-refractivity contribution in [3.05, 3.63) is 12.2 Å². The molecule has 6 heteroatoms. The highest BCUT2D eigenvalue weighted by Gasteiger charge is 2.09. The highest BCUT2D eigenvalue weighted by atomic mass is 127. The van der Waals surface area contributed by atoms with Gasteiger partial charge in [-0.05, 0) is 6.92 Å². The summed E-state index contributed by atoms with van der Waals surface area (Å²) in [6.45, 7) is 6.41. The number of ether oxygens (including phenoxy) is 1. The standard InChI is InChI=1S/C9H18NO2.2HI.H3N/c1-8(2)9(11)12-7-6-10(3,4)5;;;/h1,6-7H2,2-5H3;2*1H;1H3/q+1;;;/p-1. The molecule has 94 valence electrons. The van der Waals surface area contributed by atoms with Gasteiger partial charge in [0.2, 0.25) is 0 Å². The summed E-state index contributed by atoms with van der Waals surface area (Å²) >= 11 is 0. The monoisotopic (exact) mass is 444 g/mol. The van der Waals surface area contributed by atoms with Gasteiger partial charge in [0.25, 0.3) is 0 Å². The van der Waals surface area contributed by atoms with Crippen molar-refractivity contribution in [2.24, 2.45) is 0 Å². The van der Waals surface area contributed by atoms with Crippen molar-refractivity contribution in [2.45, 2.75) is 6.92 Å². The van der Waals surface area contributed by atoms with Crippen molar-refractivity contribution in [3.63, 3.8) is 0 Å². The number of quaternary nitrogens is 1. The van der Waals surface area contributed by atoms with Crippen LogP contribution in [0.3, 0.4) is 0 Å². The average Bonchev–Trinajstić information content (AvgIpc) is 1.84. The lowest BCUT2D eigenvalue weighted by molar-refractivity contribution is -0.870. The minimum Gasteiger partial charge on any atom is -1.00 e. The van der Waals surface area contributed by atoms with Crippen LogP contribution in [0.25, 0.3) is 0 Å². The SMILES string of the molecule is C=C(C)C(=O)OCC[N+](C)(C)C.I.N.[I-]. The Bertz CT molecular complexity index is 191. The van der Waals surface area contributed by atoms with E-state index in [2.05, 4.69) is 27.7 Å². The predicted molar refractivity (Wildman–Crippen MR) is 69.1 cm³/mol. The number of carbonyl (C=O) groups is 1. The molecule has 0 rings (SSSR count). The van der Waals surface area contributed by atoms with Gasteiger partial charge < -0.3 is 39.3 Å². The first-order valence-corrected chi connectivity index (χ1v) is 3.96. The number of esters is 1. The molecule has 4 nitrogen and oxygen atoms in total. The van der Waals surface area contributed by atoms with Gasteiger partial charge in [0.05, 0.1) is 21.1 Å². The van der Waals surface area contributed by atoms with Crippen LogP contribution >= 0.6 is 24.0 Å². The first-order chi connectivity index (χ1) is 5.33. The van der Waals surface area contributed by atoms with Crippen LogP contribution in [0, 0.1) is 0 Å². The van der Waals surface area contributed by atoms with E-state index in [1.807, 2.05) is 0 Å². The number of hydrogen-bond donors (Lipinski definition) is 1. The summed E-state index contributed by atoms with van der Waals surface area (Å²) in [7, 11) is 6.15. The fourth-order valence-corrected chi connectivity index (χ4v) is 0.535. The van der Waals surface area contributed by atoms with Gasteiger partial charge in [0, 0.05) is 5.57 Å². The van der Waals surface area contributed by atoms with Gasteiger partial charge in [0.1, 0.15) is 13.2 Å². The second-order valence-corrected chi connectivity index (χ2v) is 3.93. The summed E-state index contributed by atoms with van der Waals surface area (Å²) < 4.78 is 5.72. The third kappa shape index (κ3) is 17.2. The van der Waals surface area contributed by atoms with E-state index in [0.29, 0.717) is 12.2 Å². The fourth-order valence-electron chi connectivity index (χ4n) is 0.535. The van der Waals surface area contributed by atoms with Crippen LogP contribution in [-0.2, 0) is 9.53 Å². The normalized spacial score (nSPS) is 8.80. The zero-order valence-corrected chi connectivity index (χ0v) is 14.4. The summed E-state index contributed by atoms with van der Waals surface area (Å²) in [4.78, 5) is 10.9. The molecule has 0 saturated carbocycles. The van der Waals surface area contributed by atoms with Crippen LogP contribution in [0.2, 0.25) is 0 Å². The molecule has 0 aromatic rings. The molecule has 0 fully saturated rings. The second-order valence-electron chi connectivity index (χ2n) is 3.93. The predicted octanol–water partition coefficient (Wildman–Crippen LogP) is -1.40. The molecular weight excluding hydrogens is 422 g/mol. The number of nitrogens with zero attached hydrogens (tertiary/aromatic N) is 1. The van der Waals surface area contributed by atoms with Crippen molar-refractivity contribution < 1.29 is 38.0 Å². The van der Waals surface area contributed by atoms with E-state index in [-0.39, 0.29) is 60.1 Å². The molecule has 0 heterocycles. The molecular formula is C9H22I2N2O2. The van der Waals surface area contributed by atoms with Crippen LogP contribution in [0.1, 0.15) is 6.92 Å². The molecule has 0 amide bonds. The van der Waals surface area contributed by atoms with E-state index < -0.39 is 0 Å². The number of rotatable bonds is 4. The lowest BCUT2D eigenvalue weighted by Crippen LogP contribution is -3.00. The molecule has 0 aromatic heterocycles. The largest absolute Gasteiger partial charge is 1.00 e. The van der Waals surface area contributed by atoms with E-state index >= 15 is 0 Å². The quantitative estimate of drug-likeness (QED) is 0.251. The lowest BCUT2D eigenvalue weighted by atomic mass is 10.4. The Balaban J connectivity index is -0.000000202. The molecule has 0 spiro atoms. The molecule has 3 N–H and O–H groups in total. The maximum absolute atomic E-state index is 10.9. The maximum Gasteiger partial charge on any atom is 0.333 e. The van der Waals surface area contributed by atoms with E-state index in [9.17, 15) is 4.79 Å². The second kappa shape index (κ2) is 11.1. The minimum atomic E-state index is -0.302. The molecule has 0 unspecified atom stereocenters. The summed E-state index contributed by atoms with van der Waals surface area (Å²) in [6.07, 6.45) is 0. The van der Waals surface area contributed by atoms with Gasteiger partial charge >= 0.3 is 5.97 Å². The number of likely N-dealkylation sites (N-methyl/N-ethyl adjacent to an activating group) is 1. The van der Waals surface area contributed by atoms with Crippen LogP contribution in [0.15, 0.2) is 12.2 Å². The first-order valence-electron chi connectivity index (χ1n) is 3.96. The zero-order chi connectivity index (χ0) is 9.78. The van der Waals surface area contributed by atoms with E-state index in [1.165, 1.54) is 0 Å². The Hall–Kier alpha value is 0.590. The Morgan fingerprint density at radius 2 is 1.73 bits per heavy atom. The van der Waals surface area contributed by atoms with Crippen molar-refractivity contribution in [1.82, 2.24) is 6.15 Å². The Kier molecular flexibility index (Phi) is 18.3. The number of halogens is 2. The van der Waals surface area contributed by atoms with Gasteiger partial charge in [-0.1, -0.05) is 6.58 Å². The van der Waals surface area contributed by atoms with Crippen LogP contribution in [0.5, 0.6) is 0 Å². The number of carbonyl (C=O) groups excluding carboxylic acids is 1. The third-order valence-corrected chi connectivity index (χ3v) is 1.34. The minimum absolute atomic E-state index is 0. The van der Waals surface area contributed by atoms with Crippen molar-refractivity contribution >= 4 is 29.9 Å². The van der Waals surface area contributed by atoms with Crippen molar-refractivity contribution in [2.75, 3.05) is 34.3 Å². The van der Waals surface area contributed by atoms with Crippen LogP contribution < -0.4 is 30.1 Å². The molecule has 0 aliphatic heterocycles. The maximum atomic E-state index is 10.9. The Morgan fingerprint density at radius 3 is 2.00 bits per heavy atom. The summed E-state index contributed by atoms with van der Waals surface area (Å²) in [5, 5.41) is 0. The highest BCUT2D eigenvalue weighted by Crippen LogP contribution is 1.94. The molecule has 0 bridgehead atoms. The van der Waals surface area contributed by atoms with Gasteiger partial charge in [-0.25, -0.2) is 4.79 Å². The molecule has 0 radical (unpaired) electrons. The molecule has 0 aliphatic carbocycles. The zero-order valence-electron chi connectivity index (χ0n) is 9.88. The molecule has 0 saturated heterocycles. The summed E-state index contributed by atoms with van der Waals surface area (Å²) in [5.41, 5.74) is 0.455. The van der Waals surface area contributed by atoms with Crippen molar-refractivity contribution in [3.8, 4) is 0 Å². The molecule has 0 aromatic carbocycles. The third-order valence-electron chi connectivity index (χ3n) is 1.34. The van der Waals surface area contributed by atoms with Gasteiger partial charge in [-0.15, -0.1) is 24.0 Å². The Labute approximate surface area is 127 Å². The Morgan fingerprint density at radius 1 is 1.33 bits per heavy atom. The molecule has 15 heavy (non-hydrogen) atoms. The number of hydrogen-bond acceptors (Lipinski definition) is 3. The van der Waals surface area contributed by atoms with Crippen LogP contribution in [-0.4, -0.2) is 44.7 Å². The van der Waals surface area contributed by atoms with E-state index in [4.69, 9.17) is 4.74 Å². The summed E-state index contributed by atoms with van der Waals surface area (Å²) in [5.74, 6) is -0.302. The van der Waals surface area contributed by atoms with Gasteiger partial charge in [-0.2, -0.15) is 0 Å². The smallest absolute Gasteiger partial charge is 0.333 e. The van der Waals surface area contributed by atoms with Gasteiger partial charge in [0.15, 0.2) is 0 Å².